The van der Waals surface area contributed by atoms with E-state index >= 15 is 0 Å². The van der Waals surface area contributed by atoms with Crippen molar-refractivity contribution >= 4 is 27.8 Å². The molecule has 1 aromatic heterocycles. The lowest BCUT2D eigenvalue weighted by atomic mass is 10.0. The Balaban J connectivity index is 1.86. The van der Waals surface area contributed by atoms with Crippen LogP contribution < -0.4 is 10.9 Å². The van der Waals surface area contributed by atoms with Gasteiger partial charge >= 0.3 is 5.97 Å². The molecule has 0 saturated heterocycles. The van der Waals surface area contributed by atoms with Gasteiger partial charge in [-0.25, -0.2) is 0 Å². The number of ether oxygens (including phenoxy) is 1. The second-order valence-corrected chi connectivity index (χ2v) is 8.12. The number of methoxy groups -OCH3 is 1. The number of hydrogen-bond acceptors (Lipinski definition) is 4. The van der Waals surface area contributed by atoms with Crippen LogP contribution in [0.25, 0.3) is 0 Å². The number of aryl methyl sites for hydroxylation is 1. The standard InChI is InChI=1S/C24H23BrN2O4/c1-16-6-3-7-17(12-16)15-27-11-5-10-20(24(27)30)23(29)26-21(14-22(28)31-2)18-8-4-9-19(25)13-18/h3-13,21H,14-15H2,1-2H3,(H,26,29). The number of aromatic nitrogens is 1. The fourth-order valence-electron chi connectivity index (χ4n) is 3.30. The fourth-order valence-corrected chi connectivity index (χ4v) is 3.72. The van der Waals surface area contributed by atoms with Gasteiger partial charge in [0.25, 0.3) is 11.5 Å². The van der Waals surface area contributed by atoms with E-state index in [1.807, 2.05) is 49.4 Å². The second kappa shape index (κ2) is 10.2. The van der Waals surface area contributed by atoms with E-state index in [2.05, 4.69) is 21.2 Å². The lowest BCUT2D eigenvalue weighted by Crippen LogP contribution is -2.36. The molecule has 7 heteroatoms. The number of pyridine rings is 1. The lowest BCUT2D eigenvalue weighted by molar-refractivity contribution is -0.141. The van der Waals surface area contributed by atoms with Crippen LogP contribution in [0, 0.1) is 6.92 Å². The maximum absolute atomic E-state index is 13.0. The van der Waals surface area contributed by atoms with Gasteiger partial charge in [-0.2, -0.15) is 0 Å². The molecule has 0 aliphatic heterocycles. The van der Waals surface area contributed by atoms with Gasteiger partial charge < -0.3 is 14.6 Å². The van der Waals surface area contributed by atoms with Crippen LogP contribution in [0.1, 0.15) is 39.5 Å². The number of benzene rings is 2. The van der Waals surface area contributed by atoms with Crippen molar-refractivity contribution in [1.29, 1.82) is 0 Å². The first-order valence-corrected chi connectivity index (χ1v) is 10.5. The maximum Gasteiger partial charge on any atom is 0.307 e. The zero-order valence-corrected chi connectivity index (χ0v) is 18.9. The fraction of sp³-hybridized carbons (Fsp3) is 0.208. The summed E-state index contributed by atoms with van der Waals surface area (Å²) >= 11 is 3.40. The van der Waals surface area contributed by atoms with Crippen LogP contribution in [0.4, 0.5) is 0 Å². The highest BCUT2D eigenvalue weighted by Crippen LogP contribution is 2.22. The summed E-state index contributed by atoms with van der Waals surface area (Å²) in [5, 5.41) is 2.81. The van der Waals surface area contributed by atoms with E-state index < -0.39 is 23.5 Å². The molecule has 0 saturated carbocycles. The Morgan fingerprint density at radius 3 is 2.58 bits per heavy atom. The van der Waals surface area contributed by atoms with E-state index in [-0.39, 0.29) is 12.0 Å². The third-order valence-corrected chi connectivity index (χ3v) is 5.35. The van der Waals surface area contributed by atoms with Gasteiger partial charge in [-0.3, -0.25) is 14.4 Å². The minimum atomic E-state index is -0.637. The van der Waals surface area contributed by atoms with E-state index in [1.165, 1.54) is 17.7 Å². The summed E-state index contributed by atoms with van der Waals surface area (Å²) in [4.78, 5) is 37.8. The smallest absolute Gasteiger partial charge is 0.307 e. The molecule has 0 bridgehead atoms. The number of esters is 1. The Labute approximate surface area is 189 Å². The van der Waals surface area contributed by atoms with Gasteiger partial charge in [0.2, 0.25) is 0 Å². The Bertz CT molecular complexity index is 1160. The summed E-state index contributed by atoms with van der Waals surface area (Å²) in [7, 11) is 1.29. The average Bonchev–Trinajstić information content (AvgIpc) is 2.74. The molecule has 0 aliphatic carbocycles. The molecule has 1 N–H and O–H groups in total. The van der Waals surface area contributed by atoms with Crippen molar-refractivity contribution in [2.75, 3.05) is 7.11 Å². The topological polar surface area (TPSA) is 77.4 Å². The minimum Gasteiger partial charge on any atom is -0.469 e. The van der Waals surface area contributed by atoms with Gasteiger partial charge in [0.05, 0.1) is 26.1 Å². The van der Waals surface area contributed by atoms with Gasteiger partial charge in [-0.1, -0.05) is 57.9 Å². The van der Waals surface area contributed by atoms with Crippen molar-refractivity contribution in [2.24, 2.45) is 0 Å². The zero-order valence-electron chi connectivity index (χ0n) is 17.3. The molecule has 0 fully saturated rings. The van der Waals surface area contributed by atoms with Gasteiger partial charge in [-0.15, -0.1) is 0 Å². The predicted molar refractivity (Wildman–Crippen MR) is 122 cm³/mol. The van der Waals surface area contributed by atoms with E-state index in [9.17, 15) is 14.4 Å². The molecule has 3 rings (SSSR count). The van der Waals surface area contributed by atoms with Crippen LogP contribution in [0.3, 0.4) is 0 Å². The quantitative estimate of drug-likeness (QED) is 0.516. The molecule has 0 spiro atoms. The molecule has 1 atom stereocenters. The first kappa shape index (κ1) is 22.5. The number of rotatable bonds is 7. The molecule has 160 valence electrons. The van der Waals surface area contributed by atoms with Gasteiger partial charge in [-0.05, 0) is 42.3 Å². The minimum absolute atomic E-state index is 0.0139. The van der Waals surface area contributed by atoms with Gasteiger partial charge in [0.15, 0.2) is 0 Å². The Morgan fingerprint density at radius 1 is 1.10 bits per heavy atom. The number of halogens is 1. The third kappa shape index (κ3) is 5.92. The predicted octanol–water partition coefficient (Wildman–Crippen LogP) is 4.00. The van der Waals surface area contributed by atoms with Crippen LogP contribution in [0.5, 0.6) is 0 Å². The molecule has 0 radical (unpaired) electrons. The summed E-state index contributed by atoms with van der Waals surface area (Å²) in [6.07, 6.45) is 1.60. The Morgan fingerprint density at radius 2 is 1.87 bits per heavy atom. The van der Waals surface area contributed by atoms with Crippen molar-refractivity contribution in [1.82, 2.24) is 9.88 Å². The van der Waals surface area contributed by atoms with Crippen LogP contribution >= 0.6 is 15.9 Å². The summed E-state index contributed by atoms with van der Waals surface area (Å²) in [5.74, 6) is -1.01. The molecular formula is C24H23BrN2O4. The highest BCUT2D eigenvalue weighted by atomic mass is 79.9. The van der Waals surface area contributed by atoms with Gasteiger partial charge in [0.1, 0.15) is 5.56 Å². The summed E-state index contributed by atoms with van der Waals surface area (Å²) in [5.41, 5.74) is 2.41. The van der Waals surface area contributed by atoms with Crippen LogP contribution in [0.15, 0.2) is 76.1 Å². The van der Waals surface area contributed by atoms with E-state index in [0.717, 1.165) is 21.2 Å². The Kier molecular flexibility index (Phi) is 7.41. The molecule has 31 heavy (non-hydrogen) atoms. The number of nitrogens with zero attached hydrogens (tertiary/aromatic N) is 1. The molecular weight excluding hydrogens is 460 g/mol. The normalized spacial score (nSPS) is 11.6. The molecule has 1 unspecified atom stereocenters. The molecule has 3 aromatic rings. The number of carbonyl (C=O) groups excluding carboxylic acids is 2. The first-order chi connectivity index (χ1) is 14.9. The highest BCUT2D eigenvalue weighted by Gasteiger charge is 2.22. The number of amides is 1. The summed E-state index contributed by atoms with van der Waals surface area (Å²) in [6.45, 7) is 2.35. The molecule has 2 aromatic carbocycles. The lowest BCUT2D eigenvalue weighted by Gasteiger charge is -2.19. The number of hydrogen-bond donors (Lipinski definition) is 1. The number of nitrogens with one attached hydrogen (secondary N) is 1. The highest BCUT2D eigenvalue weighted by molar-refractivity contribution is 9.10. The van der Waals surface area contributed by atoms with Crippen molar-refractivity contribution in [2.45, 2.75) is 25.9 Å². The first-order valence-electron chi connectivity index (χ1n) is 9.75. The van der Waals surface area contributed by atoms with Crippen LogP contribution in [-0.4, -0.2) is 23.6 Å². The van der Waals surface area contributed by atoms with E-state index in [1.54, 1.807) is 18.3 Å². The van der Waals surface area contributed by atoms with Crippen LogP contribution in [-0.2, 0) is 16.1 Å². The van der Waals surface area contributed by atoms with Crippen molar-refractivity contribution < 1.29 is 14.3 Å². The largest absolute Gasteiger partial charge is 0.469 e. The monoisotopic (exact) mass is 482 g/mol. The van der Waals surface area contributed by atoms with E-state index in [4.69, 9.17) is 4.74 Å². The third-order valence-electron chi connectivity index (χ3n) is 4.86. The van der Waals surface area contributed by atoms with Crippen molar-refractivity contribution in [3.63, 3.8) is 0 Å². The van der Waals surface area contributed by atoms with Gasteiger partial charge in [0, 0.05) is 10.7 Å². The molecule has 1 heterocycles. The second-order valence-electron chi connectivity index (χ2n) is 7.21. The SMILES string of the molecule is COC(=O)CC(NC(=O)c1cccn(Cc2cccc(C)c2)c1=O)c1cccc(Br)c1. The number of carbonyl (C=O) groups is 2. The average molecular weight is 483 g/mol. The zero-order chi connectivity index (χ0) is 22.4. The van der Waals surface area contributed by atoms with E-state index in [0.29, 0.717) is 6.54 Å². The van der Waals surface area contributed by atoms with Crippen LogP contribution in [0.2, 0.25) is 0 Å². The molecule has 6 nitrogen and oxygen atoms in total. The molecule has 1 amide bonds. The summed E-state index contributed by atoms with van der Waals surface area (Å²) in [6, 6.07) is 17.7. The van der Waals surface area contributed by atoms with Crippen molar-refractivity contribution in [3.05, 3.63) is 104 Å². The summed E-state index contributed by atoms with van der Waals surface area (Å²) < 4.78 is 7.08. The van der Waals surface area contributed by atoms with Crippen molar-refractivity contribution in [3.8, 4) is 0 Å². The Hall–Kier alpha value is -3.19. The molecule has 0 aliphatic rings. The maximum atomic E-state index is 13.0.